The van der Waals surface area contributed by atoms with Crippen LogP contribution in [0, 0.1) is 11.8 Å². The molecule has 0 spiro atoms. The molecule has 1 aliphatic carbocycles. The Hall–Kier alpha value is -0.740. The van der Waals surface area contributed by atoms with Gasteiger partial charge in [0.2, 0.25) is 0 Å². The van der Waals surface area contributed by atoms with E-state index < -0.39 is 0 Å². The summed E-state index contributed by atoms with van der Waals surface area (Å²) >= 11 is 3.33. The number of methoxy groups -OCH3 is 1. The third-order valence-electron chi connectivity index (χ3n) is 3.53. The lowest BCUT2D eigenvalue weighted by atomic mass is 10.1. The van der Waals surface area contributed by atoms with Crippen molar-refractivity contribution in [1.82, 2.24) is 5.32 Å². The number of phenolic OH excluding ortho intramolecular Hbond substituents is 1. The number of ether oxygens (including phenoxy) is 1. The third kappa shape index (κ3) is 3.39. The van der Waals surface area contributed by atoms with Gasteiger partial charge in [-0.3, -0.25) is 0 Å². The van der Waals surface area contributed by atoms with Crippen LogP contribution in [0.25, 0.3) is 0 Å². The van der Waals surface area contributed by atoms with Crippen LogP contribution in [0.15, 0.2) is 16.6 Å². The Labute approximate surface area is 117 Å². The van der Waals surface area contributed by atoms with Gasteiger partial charge in [-0.1, -0.05) is 6.92 Å². The molecule has 0 aromatic heterocycles. The Morgan fingerprint density at radius 2 is 2.22 bits per heavy atom. The Bertz CT molecular complexity index is 419. The van der Waals surface area contributed by atoms with E-state index in [4.69, 9.17) is 4.74 Å². The predicted molar refractivity (Wildman–Crippen MR) is 76.0 cm³/mol. The lowest BCUT2D eigenvalue weighted by Gasteiger charge is -2.13. The van der Waals surface area contributed by atoms with Gasteiger partial charge >= 0.3 is 0 Å². The van der Waals surface area contributed by atoms with E-state index in [0.717, 1.165) is 30.5 Å². The van der Waals surface area contributed by atoms with Gasteiger partial charge in [0.05, 0.1) is 11.6 Å². The molecule has 1 fully saturated rings. The fourth-order valence-electron chi connectivity index (χ4n) is 2.16. The molecule has 18 heavy (non-hydrogen) atoms. The van der Waals surface area contributed by atoms with Gasteiger partial charge in [0.15, 0.2) is 11.5 Å². The van der Waals surface area contributed by atoms with Crippen LogP contribution in [0.1, 0.15) is 25.3 Å². The Morgan fingerprint density at radius 1 is 1.50 bits per heavy atom. The molecule has 4 heteroatoms. The van der Waals surface area contributed by atoms with Crippen LogP contribution >= 0.6 is 15.9 Å². The van der Waals surface area contributed by atoms with Crippen LogP contribution in [0.3, 0.4) is 0 Å². The summed E-state index contributed by atoms with van der Waals surface area (Å²) in [6, 6.07) is 3.79. The molecule has 1 aromatic carbocycles. The molecular formula is C14H20BrNO2. The van der Waals surface area contributed by atoms with Crippen molar-refractivity contribution in [3.63, 3.8) is 0 Å². The van der Waals surface area contributed by atoms with Gasteiger partial charge in [-0.2, -0.15) is 0 Å². The van der Waals surface area contributed by atoms with E-state index in [0.29, 0.717) is 10.2 Å². The first-order valence-electron chi connectivity index (χ1n) is 6.38. The number of halogens is 1. The van der Waals surface area contributed by atoms with Crippen LogP contribution < -0.4 is 10.1 Å². The molecule has 0 amide bonds. The number of nitrogens with one attached hydrogen (secondary N) is 1. The Balaban J connectivity index is 1.90. The van der Waals surface area contributed by atoms with Crippen LogP contribution in [-0.4, -0.2) is 18.8 Å². The second-order valence-electron chi connectivity index (χ2n) is 5.07. The van der Waals surface area contributed by atoms with Crippen molar-refractivity contribution < 1.29 is 9.84 Å². The van der Waals surface area contributed by atoms with Crippen LogP contribution in [0.5, 0.6) is 11.5 Å². The van der Waals surface area contributed by atoms with Gasteiger partial charge in [-0.15, -0.1) is 0 Å². The molecule has 0 aliphatic heterocycles. The van der Waals surface area contributed by atoms with Gasteiger partial charge in [0.25, 0.3) is 0 Å². The molecule has 1 aliphatic rings. The molecule has 1 aromatic rings. The summed E-state index contributed by atoms with van der Waals surface area (Å²) in [5.74, 6) is 2.36. The molecule has 2 rings (SSSR count). The van der Waals surface area contributed by atoms with Crippen molar-refractivity contribution in [2.45, 2.75) is 26.3 Å². The first kappa shape index (κ1) is 13.7. The maximum atomic E-state index is 9.72. The smallest absolute Gasteiger partial charge is 0.172 e. The molecular weight excluding hydrogens is 294 g/mol. The van der Waals surface area contributed by atoms with E-state index in [9.17, 15) is 5.11 Å². The molecule has 1 saturated carbocycles. The van der Waals surface area contributed by atoms with Crippen molar-refractivity contribution in [3.05, 3.63) is 22.2 Å². The molecule has 3 nitrogen and oxygen atoms in total. The van der Waals surface area contributed by atoms with Gasteiger partial charge in [-0.25, -0.2) is 0 Å². The van der Waals surface area contributed by atoms with E-state index in [-0.39, 0.29) is 5.75 Å². The summed E-state index contributed by atoms with van der Waals surface area (Å²) in [5, 5.41) is 13.2. The van der Waals surface area contributed by atoms with Gasteiger partial charge in [-0.05, 0) is 64.8 Å². The maximum Gasteiger partial charge on any atom is 0.172 e. The summed E-state index contributed by atoms with van der Waals surface area (Å²) in [4.78, 5) is 0. The summed E-state index contributed by atoms with van der Waals surface area (Å²) in [7, 11) is 1.56. The second kappa shape index (κ2) is 5.93. The van der Waals surface area contributed by atoms with Crippen molar-refractivity contribution >= 4 is 15.9 Å². The highest BCUT2D eigenvalue weighted by atomic mass is 79.9. The largest absolute Gasteiger partial charge is 0.503 e. The average Bonchev–Trinajstić information content (AvgIpc) is 3.17. The van der Waals surface area contributed by atoms with E-state index in [2.05, 4.69) is 28.2 Å². The van der Waals surface area contributed by atoms with Crippen molar-refractivity contribution in [1.29, 1.82) is 0 Å². The fraction of sp³-hybridized carbons (Fsp3) is 0.571. The highest BCUT2D eigenvalue weighted by molar-refractivity contribution is 9.10. The number of benzene rings is 1. The summed E-state index contributed by atoms with van der Waals surface area (Å²) in [6.07, 6.45) is 2.78. The first-order valence-corrected chi connectivity index (χ1v) is 7.17. The van der Waals surface area contributed by atoms with Gasteiger partial charge in [0, 0.05) is 6.54 Å². The minimum atomic E-state index is 0.160. The lowest BCUT2D eigenvalue weighted by molar-refractivity contribution is 0.371. The van der Waals surface area contributed by atoms with Crippen LogP contribution in [0.2, 0.25) is 0 Å². The highest BCUT2D eigenvalue weighted by Crippen LogP contribution is 2.36. The number of hydrogen-bond acceptors (Lipinski definition) is 3. The molecule has 0 bridgehead atoms. The molecule has 0 radical (unpaired) electrons. The first-order chi connectivity index (χ1) is 8.61. The maximum absolute atomic E-state index is 9.72. The highest BCUT2D eigenvalue weighted by Gasteiger charge is 2.27. The van der Waals surface area contributed by atoms with E-state index in [1.165, 1.54) is 12.8 Å². The minimum Gasteiger partial charge on any atom is -0.503 e. The second-order valence-corrected chi connectivity index (χ2v) is 5.93. The molecule has 0 heterocycles. The monoisotopic (exact) mass is 313 g/mol. The summed E-state index contributed by atoms with van der Waals surface area (Å²) in [6.45, 7) is 4.15. The quantitative estimate of drug-likeness (QED) is 0.846. The average molecular weight is 314 g/mol. The zero-order valence-corrected chi connectivity index (χ0v) is 12.5. The van der Waals surface area contributed by atoms with Crippen molar-refractivity contribution in [3.8, 4) is 11.5 Å². The Morgan fingerprint density at radius 3 is 2.83 bits per heavy atom. The normalized spacial score (nSPS) is 16.6. The number of aromatic hydroxyl groups is 1. The van der Waals surface area contributed by atoms with Crippen molar-refractivity contribution in [2.24, 2.45) is 11.8 Å². The standard InChI is InChI=1S/C14H20BrNO2/c1-9(11-3-4-11)7-16-8-10-5-12(15)14(17)13(6-10)18-2/h5-6,9,11,16-17H,3-4,7-8H2,1-2H3. The summed E-state index contributed by atoms with van der Waals surface area (Å²) < 4.78 is 5.81. The zero-order chi connectivity index (χ0) is 13.1. The Kier molecular flexibility index (Phi) is 4.51. The van der Waals surface area contributed by atoms with Crippen LogP contribution in [-0.2, 0) is 6.54 Å². The van der Waals surface area contributed by atoms with E-state index >= 15 is 0 Å². The number of phenols is 1. The minimum absolute atomic E-state index is 0.160. The zero-order valence-electron chi connectivity index (χ0n) is 10.9. The molecule has 0 saturated heterocycles. The molecule has 1 unspecified atom stereocenters. The summed E-state index contributed by atoms with van der Waals surface area (Å²) in [5.41, 5.74) is 1.11. The molecule has 100 valence electrons. The van der Waals surface area contributed by atoms with Gasteiger partial charge < -0.3 is 15.2 Å². The van der Waals surface area contributed by atoms with Crippen LogP contribution in [0.4, 0.5) is 0 Å². The number of hydrogen-bond donors (Lipinski definition) is 2. The SMILES string of the molecule is COc1cc(CNCC(C)C2CC2)cc(Br)c1O. The van der Waals surface area contributed by atoms with E-state index in [1.807, 2.05) is 12.1 Å². The molecule has 2 N–H and O–H groups in total. The predicted octanol–water partition coefficient (Wildman–Crippen LogP) is 3.30. The van der Waals surface area contributed by atoms with E-state index in [1.54, 1.807) is 7.11 Å². The third-order valence-corrected chi connectivity index (χ3v) is 4.13. The van der Waals surface area contributed by atoms with Crippen molar-refractivity contribution in [2.75, 3.05) is 13.7 Å². The van der Waals surface area contributed by atoms with Gasteiger partial charge in [0.1, 0.15) is 0 Å². The lowest BCUT2D eigenvalue weighted by Crippen LogP contribution is -2.21. The number of rotatable bonds is 6. The molecule has 1 atom stereocenters. The topological polar surface area (TPSA) is 41.5 Å². The fourth-order valence-corrected chi connectivity index (χ4v) is 2.65.